The van der Waals surface area contributed by atoms with E-state index in [0.29, 0.717) is 48.7 Å². The van der Waals surface area contributed by atoms with E-state index in [1.54, 1.807) is 19.9 Å². The summed E-state index contributed by atoms with van der Waals surface area (Å²) in [6.07, 6.45) is 3.39. The van der Waals surface area contributed by atoms with E-state index >= 15 is 0 Å². The third kappa shape index (κ3) is 5.51. The molecule has 0 bridgehead atoms. The Kier molecular flexibility index (Phi) is 7.39. The third-order valence-electron chi connectivity index (χ3n) is 6.17. The van der Waals surface area contributed by atoms with Crippen molar-refractivity contribution >= 4 is 27.4 Å². The van der Waals surface area contributed by atoms with Gasteiger partial charge in [0.2, 0.25) is 0 Å². The number of benzene rings is 1. The van der Waals surface area contributed by atoms with Crippen LogP contribution in [0.5, 0.6) is 0 Å². The smallest absolute Gasteiger partial charge is 0.262 e. The number of sulfonamides is 1. The molecule has 0 spiro atoms. The van der Waals surface area contributed by atoms with E-state index in [4.69, 9.17) is 4.74 Å². The van der Waals surface area contributed by atoms with Crippen LogP contribution in [0, 0.1) is 20.8 Å². The molecule has 2 fully saturated rings. The zero-order chi connectivity index (χ0) is 24.3. The van der Waals surface area contributed by atoms with Crippen molar-refractivity contribution < 1.29 is 17.9 Å². The van der Waals surface area contributed by atoms with Crippen LogP contribution in [0.4, 0.5) is 11.5 Å². The molecule has 1 amide bonds. The summed E-state index contributed by atoms with van der Waals surface area (Å²) in [7, 11) is -3.86. The molecule has 9 nitrogen and oxygen atoms in total. The lowest BCUT2D eigenvalue weighted by atomic mass is 10.1. The van der Waals surface area contributed by atoms with Crippen molar-refractivity contribution in [2.45, 2.75) is 44.6 Å². The van der Waals surface area contributed by atoms with Crippen molar-refractivity contribution in [2.75, 3.05) is 49.0 Å². The van der Waals surface area contributed by atoms with Gasteiger partial charge in [-0.1, -0.05) is 17.7 Å². The number of aromatic nitrogens is 1. The molecular formula is C24H33N5O4S. The number of ether oxygens (including phenoxy) is 1. The van der Waals surface area contributed by atoms with E-state index in [1.807, 2.05) is 24.0 Å². The van der Waals surface area contributed by atoms with Gasteiger partial charge in [0.15, 0.2) is 0 Å². The fraction of sp³-hybridized carbons (Fsp3) is 0.500. The van der Waals surface area contributed by atoms with Crippen LogP contribution in [-0.4, -0.2) is 64.7 Å². The molecule has 10 heteroatoms. The summed E-state index contributed by atoms with van der Waals surface area (Å²) in [5.74, 6) is 0.261. The van der Waals surface area contributed by atoms with Crippen LogP contribution in [0.1, 0.15) is 39.9 Å². The molecule has 0 saturated carbocycles. The Bertz CT molecular complexity index is 1130. The summed E-state index contributed by atoms with van der Waals surface area (Å²) in [5, 5.41) is 6.24. The molecule has 3 heterocycles. The van der Waals surface area contributed by atoms with Gasteiger partial charge in [0.1, 0.15) is 5.82 Å². The number of carbonyl (C=O) groups excluding carboxylic acids is 1. The lowest BCUT2D eigenvalue weighted by Gasteiger charge is -2.30. The van der Waals surface area contributed by atoms with Gasteiger partial charge >= 0.3 is 0 Å². The van der Waals surface area contributed by atoms with Crippen LogP contribution in [0.2, 0.25) is 0 Å². The van der Waals surface area contributed by atoms with E-state index < -0.39 is 10.0 Å². The molecule has 4 rings (SSSR count). The first-order chi connectivity index (χ1) is 16.2. The topological polar surface area (TPSA) is 113 Å². The van der Waals surface area contributed by atoms with E-state index in [9.17, 15) is 13.2 Å². The average molecular weight is 488 g/mol. The highest BCUT2D eigenvalue weighted by molar-refractivity contribution is 7.92. The van der Waals surface area contributed by atoms with Gasteiger partial charge < -0.3 is 20.3 Å². The minimum absolute atomic E-state index is 0.00807. The molecule has 1 aromatic carbocycles. The minimum Gasteiger partial charge on any atom is -0.376 e. The highest BCUT2D eigenvalue weighted by atomic mass is 32.2. The standard InChI is InChI=1S/C24H33N5O4S/c1-16-11-17(2)22(18(3)12-16)34(31,32)28-19-13-21(24(30)27-15-20-5-4-10-33-20)23(26-14-19)29-8-6-25-7-9-29/h11-14,20,25,28H,4-10,15H2,1-3H3,(H,27,30). The SMILES string of the molecule is Cc1cc(C)c(S(=O)(=O)Nc2cnc(N3CCNCC3)c(C(=O)NCC3CCCO3)c2)c(C)c1. The number of aryl methyl sites for hydroxylation is 3. The Morgan fingerprint density at radius 2 is 1.88 bits per heavy atom. The summed E-state index contributed by atoms with van der Waals surface area (Å²) in [6, 6.07) is 5.26. The number of piperazine rings is 1. The summed E-state index contributed by atoms with van der Waals surface area (Å²) in [4.78, 5) is 20.0. The number of amides is 1. The van der Waals surface area contributed by atoms with E-state index in [-0.39, 0.29) is 22.6 Å². The van der Waals surface area contributed by atoms with Crippen LogP contribution in [-0.2, 0) is 14.8 Å². The fourth-order valence-electron chi connectivity index (χ4n) is 4.71. The fourth-order valence-corrected chi connectivity index (χ4v) is 6.20. The van der Waals surface area contributed by atoms with Crippen molar-refractivity contribution in [1.29, 1.82) is 0 Å². The maximum atomic E-state index is 13.2. The van der Waals surface area contributed by atoms with Crippen molar-refractivity contribution in [3.8, 4) is 0 Å². The molecule has 0 aliphatic carbocycles. The second-order valence-electron chi connectivity index (χ2n) is 9.01. The van der Waals surface area contributed by atoms with Crippen molar-refractivity contribution in [1.82, 2.24) is 15.6 Å². The first kappa shape index (κ1) is 24.4. The number of nitrogens with one attached hydrogen (secondary N) is 3. The Balaban J connectivity index is 1.63. The van der Waals surface area contributed by atoms with Gasteiger partial charge in [-0.15, -0.1) is 0 Å². The normalized spacial score (nSPS) is 18.7. The number of rotatable bonds is 7. The van der Waals surface area contributed by atoms with Crippen LogP contribution in [0.3, 0.4) is 0 Å². The molecule has 1 aromatic heterocycles. The zero-order valence-electron chi connectivity index (χ0n) is 20.0. The van der Waals surface area contributed by atoms with Crippen LogP contribution < -0.4 is 20.3 Å². The highest BCUT2D eigenvalue weighted by Gasteiger charge is 2.25. The minimum atomic E-state index is -3.86. The predicted octanol–water partition coefficient (Wildman–Crippen LogP) is 2.13. The third-order valence-corrected chi connectivity index (χ3v) is 7.85. The molecule has 2 saturated heterocycles. The monoisotopic (exact) mass is 487 g/mol. The largest absolute Gasteiger partial charge is 0.376 e. The van der Waals surface area contributed by atoms with Crippen molar-refractivity contribution in [2.24, 2.45) is 0 Å². The molecule has 0 radical (unpaired) electrons. The predicted molar refractivity (Wildman–Crippen MR) is 132 cm³/mol. The zero-order valence-corrected chi connectivity index (χ0v) is 20.8. The first-order valence-electron chi connectivity index (χ1n) is 11.7. The molecule has 2 aliphatic heterocycles. The number of pyridine rings is 1. The molecular weight excluding hydrogens is 454 g/mol. The summed E-state index contributed by atoms with van der Waals surface area (Å²) in [5.41, 5.74) is 2.94. The van der Waals surface area contributed by atoms with Gasteiger partial charge in [-0.05, 0) is 50.8 Å². The van der Waals surface area contributed by atoms with Gasteiger partial charge in [0, 0.05) is 39.3 Å². The van der Waals surface area contributed by atoms with Crippen molar-refractivity contribution in [3.05, 3.63) is 46.6 Å². The number of hydrogen-bond acceptors (Lipinski definition) is 7. The van der Waals surface area contributed by atoms with Gasteiger partial charge in [-0.2, -0.15) is 0 Å². The summed E-state index contributed by atoms with van der Waals surface area (Å²) in [6.45, 7) is 9.63. The number of carbonyl (C=O) groups is 1. The number of hydrogen-bond donors (Lipinski definition) is 3. The Morgan fingerprint density at radius 3 is 2.53 bits per heavy atom. The van der Waals surface area contributed by atoms with Gasteiger partial charge in [0.05, 0.1) is 28.4 Å². The average Bonchev–Trinajstić information content (AvgIpc) is 3.30. The molecule has 34 heavy (non-hydrogen) atoms. The highest BCUT2D eigenvalue weighted by Crippen LogP contribution is 2.27. The van der Waals surface area contributed by atoms with E-state index in [2.05, 4.69) is 20.3 Å². The molecule has 2 aliphatic rings. The van der Waals surface area contributed by atoms with Crippen molar-refractivity contribution in [3.63, 3.8) is 0 Å². The Labute approximate surface area is 201 Å². The summed E-state index contributed by atoms with van der Waals surface area (Å²) >= 11 is 0. The van der Waals surface area contributed by atoms with Crippen LogP contribution in [0.15, 0.2) is 29.3 Å². The van der Waals surface area contributed by atoms with Gasteiger partial charge in [0.25, 0.3) is 15.9 Å². The second-order valence-corrected chi connectivity index (χ2v) is 10.6. The maximum absolute atomic E-state index is 13.2. The Morgan fingerprint density at radius 1 is 1.18 bits per heavy atom. The molecule has 3 N–H and O–H groups in total. The number of anilines is 2. The summed E-state index contributed by atoms with van der Waals surface area (Å²) < 4.78 is 34.7. The number of nitrogens with zero attached hydrogens (tertiary/aromatic N) is 2. The molecule has 1 unspecified atom stereocenters. The first-order valence-corrected chi connectivity index (χ1v) is 13.2. The van der Waals surface area contributed by atoms with E-state index in [0.717, 1.165) is 31.5 Å². The van der Waals surface area contributed by atoms with Gasteiger partial charge in [-0.3, -0.25) is 9.52 Å². The lowest BCUT2D eigenvalue weighted by Crippen LogP contribution is -2.45. The maximum Gasteiger partial charge on any atom is 0.262 e. The molecule has 1 atom stereocenters. The molecule has 184 valence electrons. The Hall–Kier alpha value is -2.69. The van der Waals surface area contributed by atoms with Crippen LogP contribution in [0.25, 0.3) is 0 Å². The van der Waals surface area contributed by atoms with Gasteiger partial charge in [-0.25, -0.2) is 13.4 Å². The second kappa shape index (κ2) is 10.3. The quantitative estimate of drug-likeness (QED) is 0.548. The van der Waals surface area contributed by atoms with Crippen LogP contribution >= 0.6 is 0 Å². The lowest BCUT2D eigenvalue weighted by molar-refractivity contribution is 0.0858. The van der Waals surface area contributed by atoms with E-state index in [1.165, 1.54) is 6.20 Å². The molecule has 2 aromatic rings.